The zero-order chi connectivity index (χ0) is 14.8. The van der Waals surface area contributed by atoms with Gasteiger partial charge in [-0.25, -0.2) is 13.4 Å². The first kappa shape index (κ1) is 14.5. The van der Waals surface area contributed by atoms with Crippen LogP contribution in [-0.2, 0) is 10.0 Å². The number of aromatic nitrogens is 1. The van der Waals surface area contributed by atoms with Crippen LogP contribution < -0.4 is 4.72 Å². The largest absolute Gasteiger partial charge is 0.280 e. The molecule has 1 heterocycles. The Bertz CT molecular complexity index is 798. The maximum atomic E-state index is 12.3. The van der Waals surface area contributed by atoms with Gasteiger partial charge < -0.3 is 0 Å². The molecular weight excluding hydrogens is 342 g/mol. The summed E-state index contributed by atoms with van der Waals surface area (Å²) < 4.78 is 27.7. The van der Waals surface area contributed by atoms with E-state index in [4.69, 9.17) is 5.26 Å². The van der Waals surface area contributed by atoms with Gasteiger partial charge in [0.1, 0.15) is 11.0 Å². The van der Waals surface area contributed by atoms with Crippen molar-refractivity contribution in [2.75, 3.05) is 4.72 Å². The molecule has 0 aliphatic rings. The molecule has 0 saturated heterocycles. The normalized spacial score (nSPS) is 10.8. The van der Waals surface area contributed by atoms with Crippen LogP contribution in [0, 0.1) is 18.3 Å². The lowest BCUT2D eigenvalue weighted by Crippen LogP contribution is -2.15. The first-order valence-electron chi connectivity index (χ1n) is 5.58. The first-order valence-corrected chi connectivity index (χ1v) is 7.86. The fraction of sp³-hybridized carbons (Fsp3) is 0.0769. The van der Waals surface area contributed by atoms with Crippen LogP contribution in [-0.4, -0.2) is 13.4 Å². The van der Waals surface area contributed by atoms with E-state index in [1.807, 2.05) is 6.92 Å². The van der Waals surface area contributed by atoms with Crippen LogP contribution in [0.1, 0.15) is 11.3 Å². The van der Waals surface area contributed by atoms with Crippen LogP contribution in [0.15, 0.2) is 45.9 Å². The molecular formula is C13H10BrN3O2S. The molecule has 0 bridgehead atoms. The highest BCUT2D eigenvalue weighted by molar-refractivity contribution is 9.10. The standard InChI is InChI=1S/C13H10BrN3O2S/c1-9-4-5-10(7-11(9)14)17-20(18,19)13-3-2-6-16-12(13)8-15/h2-7,17H,1H3. The fourth-order valence-corrected chi connectivity index (χ4v) is 3.09. The highest BCUT2D eigenvalue weighted by Gasteiger charge is 2.19. The molecule has 0 aliphatic carbocycles. The molecule has 1 aromatic heterocycles. The fourth-order valence-electron chi connectivity index (χ4n) is 1.56. The molecule has 0 amide bonds. The van der Waals surface area contributed by atoms with E-state index in [-0.39, 0.29) is 10.6 Å². The Kier molecular flexibility index (Phi) is 4.06. The van der Waals surface area contributed by atoms with E-state index in [2.05, 4.69) is 25.6 Å². The van der Waals surface area contributed by atoms with E-state index >= 15 is 0 Å². The average molecular weight is 352 g/mol. The molecule has 0 radical (unpaired) electrons. The van der Waals surface area contributed by atoms with Gasteiger partial charge in [0.2, 0.25) is 0 Å². The van der Waals surface area contributed by atoms with Crippen LogP contribution in [0.25, 0.3) is 0 Å². The number of nitriles is 1. The minimum Gasteiger partial charge on any atom is -0.280 e. The van der Waals surface area contributed by atoms with Crippen LogP contribution in [0.2, 0.25) is 0 Å². The van der Waals surface area contributed by atoms with Crippen molar-refractivity contribution in [1.82, 2.24) is 4.98 Å². The molecule has 0 aliphatic heterocycles. The van der Waals surface area contributed by atoms with Gasteiger partial charge in [0.25, 0.3) is 10.0 Å². The van der Waals surface area contributed by atoms with E-state index < -0.39 is 10.0 Å². The van der Waals surface area contributed by atoms with E-state index in [1.165, 1.54) is 18.3 Å². The predicted molar refractivity (Wildman–Crippen MR) is 78.6 cm³/mol. The minimum atomic E-state index is -3.84. The third kappa shape index (κ3) is 2.98. The molecule has 7 heteroatoms. The SMILES string of the molecule is Cc1ccc(NS(=O)(=O)c2cccnc2C#N)cc1Br. The molecule has 0 atom stereocenters. The quantitative estimate of drug-likeness (QED) is 0.921. The van der Waals surface area contributed by atoms with Gasteiger partial charge in [-0.05, 0) is 36.8 Å². The number of nitrogens with zero attached hydrogens (tertiary/aromatic N) is 2. The van der Waals surface area contributed by atoms with Gasteiger partial charge in [-0.2, -0.15) is 5.26 Å². The Morgan fingerprint density at radius 3 is 2.75 bits per heavy atom. The summed E-state index contributed by atoms with van der Waals surface area (Å²) in [5.41, 5.74) is 1.27. The molecule has 0 spiro atoms. The maximum Gasteiger partial charge on any atom is 0.264 e. The molecule has 20 heavy (non-hydrogen) atoms. The number of hydrogen-bond acceptors (Lipinski definition) is 4. The van der Waals surface area contributed by atoms with Crippen molar-refractivity contribution in [3.63, 3.8) is 0 Å². The number of halogens is 1. The van der Waals surface area contributed by atoms with Crippen molar-refractivity contribution >= 4 is 31.6 Å². The van der Waals surface area contributed by atoms with Gasteiger partial charge >= 0.3 is 0 Å². The molecule has 0 unspecified atom stereocenters. The Morgan fingerprint density at radius 2 is 2.10 bits per heavy atom. The van der Waals surface area contributed by atoms with Crippen LogP contribution >= 0.6 is 15.9 Å². The molecule has 2 aromatic rings. The van der Waals surface area contributed by atoms with E-state index in [1.54, 1.807) is 24.3 Å². The molecule has 2 rings (SSSR count). The van der Waals surface area contributed by atoms with Gasteiger partial charge in [-0.15, -0.1) is 0 Å². The van der Waals surface area contributed by atoms with Crippen molar-refractivity contribution in [3.8, 4) is 6.07 Å². The monoisotopic (exact) mass is 351 g/mol. The van der Waals surface area contributed by atoms with Crippen molar-refractivity contribution in [1.29, 1.82) is 5.26 Å². The third-order valence-electron chi connectivity index (χ3n) is 2.59. The van der Waals surface area contributed by atoms with Crippen molar-refractivity contribution in [2.24, 2.45) is 0 Å². The first-order chi connectivity index (χ1) is 9.44. The number of rotatable bonds is 3. The highest BCUT2D eigenvalue weighted by Crippen LogP contribution is 2.23. The van der Waals surface area contributed by atoms with E-state index in [0.717, 1.165) is 10.0 Å². The van der Waals surface area contributed by atoms with Gasteiger partial charge in [-0.1, -0.05) is 22.0 Å². The third-order valence-corrected chi connectivity index (χ3v) is 4.86. The van der Waals surface area contributed by atoms with Crippen molar-refractivity contribution < 1.29 is 8.42 Å². The number of anilines is 1. The predicted octanol–water partition coefficient (Wildman–Crippen LogP) is 2.83. The van der Waals surface area contributed by atoms with E-state index in [9.17, 15) is 8.42 Å². The lowest BCUT2D eigenvalue weighted by atomic mass is 10.2. The Morgan fingerprint density at radius 1 is 1.35 bits per heavy atom. The number of benzene rings is 1. The van der Waals surface area contributed by atoms with Crippen LogP contribution in [0.3, 0.4) is 0 Å². The van der Waals surface area contributed by atoms with Crippen molar-refractivity contribution in [3.05, 3.63) is 52.3 Å². The second-order valence-electron chi connectivity index (χ2n) is 4.03. The number of pyridine rings is 1. The summed E-state index contributed by atoms with van der Waals surface area (Å²) in [6.07, 6.45) is 1.38. The average Bonchev–Trinajstić information content (AvgIpc) is 2.42. The lowest BCUT2D eigenvalue weighted by molar-refractivity contribution is 0.600. The van der Waals surface area contributed by atoms with Gasteiger partial charge in [0, 0.05) is 16.4 Å². The minimum absolute atomic E-state index is 0.133. The number of nitrogens with one attached hydrogen (secondary N) is 1. The summed E-state index contributed by atoms with van der Waals surface area (Å²) in [5, 5.41) is 8.92. The molecule has 1 aromatic carbocycles. The summed E-state index contributed by atoms with van der Waals surface area (Å²) in [5.74, 6) is 0. The summed E-state index contributed by atoms with van der Waals surface area (Å²) in [7, 11) is -3.84. The summed E-state index contributed by atoms with van der Waals surface area (Å²) in [6, 6.07) is 9.69. The summed E-state index contributed by atoms with van der Waals surface area (Å²) >= 11 is 3.34. The summed E-state index contributed by atoms with van der Waals surface area (Å²) in [4.78, 5) is 3.61. The molecule has 1 N–H and O–H groups in total. The maximum absolute atomic E-state index is 12.3. The number of sulfonamides is 1. The number of hydrogen-bond donors (Lipinski definition) is 1. The molecule has 5 nitrogen and oxygen atoms in total. The Hall–Kier alpha value is -1.91. The molecule has 0 saturated carbocycles. The Balaban J connectivity index is 2.41. The zero-order valence-electron chi connectivity index (χ0n) is 10.5. The van der Waals surface area contributed by atoms with Gasteiger partial charge in [0.15, 0.2) is 5.69 Å². The number of aryl methyl sites for hydroxylation is 1. The molecule has 0 fully saturated rings. The van der Waals surface area contributed by atoms with Crippen LogP contribution in [0.5, 0.6) is 0 Å². The zero-order valence-corrected chi connectivity index (χ0v) is 12.9. The Labute approximate surface area is 125 Å². The van der Waals surface area contributed by atoms with Crippen molar-refractivity contribution in [2.45, 2.75) is 11.8 Å². The second-order valence-corrected chi connectivity index (χ2v) is 6.54. The van der Waals surface area contributed by atoms with Crippen LogP contribution in [0.4, 0.5) is 5.69 Å². The topological polar surface area (TPSA) is 82.8 Å². The lowest BCUT2D eigenvalue weighted by Gasteiger charge is -2.09. The van der Waals surface area contributed by atoms with E-state index in [0.29, 0.717) is 5.69 Å². The molecule has 102 valence electrons. The highest BCUT2D eigenvalue weighted by atomic mass is 79.9. The summed E-state index contributed by atoms with van der Waals surface area (Å²) in [6.45, 7) is 1.90. The van der Waals surface area contributed by atoms with Gasteiger partial charge in [-0.3, -0.25) is 4.72 Å². The van der Waals surface area contributed by atoms with Gasteiger partial charge in [0.05, 0.1) is 0 Å². The smallest absolute Gasteiger partial charge is 0.264 e. The second kappa shape index (κ2) is 5.61.